The van der Waals surface area contributed by atoms with Gasteiger partial charge >= 0.3 is 0 Å². The van der Waals surface area contributed by atoms with Gasteiger partial charge in [-0.15, -0.1) is 0 Å². The largest absolute Gasteiger partial charge is 0.396 e. The summed E-state index contributed by atoms with van der Waals surface area (Å²) in [5, 5.41) is 25.9. The molecule has 1 unspecified atom stereocenters. The molecule has 0 rings (SSSR count). The molecule has 0 heterocycles. The number of nitrogens with two attached hydrogens (primary N) is 1. The molecular formula is C5H13NO6S. The summed E-state index contributed by atoms with van der Waals surface area (Å²) in [6, 6.07) is 0. The summed E-state index contributed by atoms with van der Waals surface area (Å²) in [5.74, 6) is -1.33. The van der Waals surface area contributed by atoms with Gasteiger partial charge in [-0.3, -0.25) is 4.55 Å². The average molecular weight is 215 g/mol. The van der Waals surface area contributed by atoms with Crippen LogP contribution in [0.2, 0.25) is 0 Å². The highest BCUT2D eigenvalue weighted by atomic mass is 32.2. The summed E-state index contributed by atoms with van der Waals surface area (Å²) in [5.41, 5.74) is 5.13. The van der Waals surface area contributed by atoms with Crippen molar-refractivity contribution < 1.29 is 28.3 Å². The second-order valence-corrected chi connectivity index (χ2v) is 4.36. The van der Waals surface area contributed by atoms with Gasteiger partial charge in [0.05, 0.1) is 19.8 Å². The Labute approximate surface area is 75.6 Å². The molecule has 0 bridgehead atoms. The van der Waals surface area contributed by atoms with E-state index in [0.717, 1.165) is 0 Å². The van der Waals surface area contributed by atoms with Gasteiger partial charge in [0.2, 0.25) is 0 Å². The third-order valence-corrected chi connectivity index (χ3v) is 3.28. The van der Waals surface area contributed by atoms with Gasteiger partial charge in [0, 0.05) is 5.92 Å². The van der Waals surface area contributed by atoms with Crippen LogP contribution in [-0.2, 0) is 10.1 Å². The number of hydrogen-bond acceptors (Lipinski definition) is 6. The quantitative estimate of drug-likeness (QED) is 0.310. The first-order chi connectivity index (χ1) is 5.83. The van der Waals surface area contributed by atoms with Gasteiger partial charge in [-0.25, -0.2) is 0 Å². The van der Waals surface area contributed by atoms with Gasteiger partial charge in [0.25, 0.3) is 10.1 Å². The van der Waals surface area contributed by atoms with Crippen LogP contribution < -0.4 is 5.73 Å². The van der Waals surface area contributed by atoms with Crippen LogP contribution in [0.4, 0.5) is 0 Å². The Hall–Kier alpha value is -0.250. The first kappa shape index (κ1) is 12.8. The first-order valence-electron chi connectivity index (χ1n) is 3.42. The summed E-state index contributed by atoms with van der Waals surface area (Å²) < 4.78 is 30.0. The Morgan fingerprint density at radius 2 is 1.62 bits per heavy atom. The van der Waals surface area contributed by atoms with E-state index in [1.54, 1.807) is 0 Å². The fourth-order valence-electron chi connectivity index (χ4n) is 0.788. The first-order valence-corrected chi connectivity index (χ1v) is 4.86. The molecule has 0 amide bonds. The molecule has 0 aromatic heterocycles. The van der Waals surface area contributed by atoms with Crippen molar-refractivity contribution in [2.24, 2.45) is 11.7 Å². The van der Waals surface area contributed by atoms with E-state index >= 15 is 0 Å². The lowest BCUT2D eigenvalue weighted by Crippen LogP contribution is -2.58. The summed E-state index contributed by atoms with van der Waals surface area (Å²) in [6.07, 6.45) is 0. The highest BCUT2D eigenvalue weighted by molar-refractivity contribution is 7.87. The molecule has 0 saturated heterocycles. The van der Waals surface area contributed by atoms with E-state index in [0.29, 0.717) is 0 Å². The average Bonchev–Trinajstić information content (AvgIpc) is 2.04. The summed E-state index contributed by atoms with van der Waals surface area (Å²) in [6.45, 7) is -2.60. The molecular weight excluding hydrogens is 202 g/mol. The zero-order valence-electron chi connectivity index (χ0n) is 6.79. The summed E-state index contributed by atoms with van der Waals surface area (Å²) >= 11 is 0. The van der Waals surface area contributed by atoms with Gasteiger partial charge in [0.15, 0.2) is 4.87 Å². The Balaban J connectivity index is 5.04. The Bertz CT molecular complexity index is 248. The van der Waals surface area contributed by atoms with Crippen LogP contribution in [0.15, 0.2) is 0 Å². The van der Waals surface area contributed by atoms with Crippen molar-refractivity contribution >= 4 is 10.1 Å². The zero-order chi connectivity index (χ0) is 10.7. The fourth-order valence-corrected chi connectivity index (χ4v) is 1.52. The molecule has 0 aliphatic rings. The molecule has 0 spiro atoms. The number of aliphatic hydroxyl groups is 3. The van der Waals surface area contributed by atoms with Crippen molar-refractivity contribution in [3.05, 3.63) is 0 Å². The monoisotopic (exact) mass is 215 g/mol. The molecule has 7 nitrogen and oxygen atoms in total. The molecule has 0 saturated carbocycles. The molecule has 0 fully saturated rings. The van der Waals surface area contributed by atoms with E-state index in [2.05, 4.69) is 0 Å². The van der Waals surface area contributed by atoms with E-state index < -0.39 is 40.7 Å². The molecule has 13 heavy (non-hydrogen) atoms. The van der Waals surface area contributed by atoms with Gasteiger partial charge in [0.1, 0.15) is 0 Å². The second kappa shape index (κ2) is 4.31. The van der Waals surface area contributed by atoms with Gasteiger partial charge in [-0.2, -0.15) is 8.42 Å². The predicted molar refractivity (Wildman–Crippen MR) is 43.2 cm³/mol. The molecule has 0 radical (unpaired) electrons. The number of hydrogen-bond donors (Lipinski definition) is 5. The van der Waals surface area contributed by atoms with Crippen molar-refractivity contribution in [3.8, 4) is 0 Å². The Kier molecular flexibility index (Phi) is 4.23. The highest BCUT2D eigenvalue weighted by Gasteiger charge is 2.45. The third-order valence-electron chi connectivity index (χ3n) is 1.86. The summed E-state index contributed by atoms with van der Waals surface area (Å²) in [7, 11) is -4.73. The SMILES string of the molecule is NC(CO)(C(CO)CO)S(=O)(=O)O. The zero-order valence-corrected chi connectivity index (χ0v) is 7.61. The van der Waals surface area contributed by atoms with Crippen molar-refractivity contribution in [1.29, 1.82) is 0 Å². The molecule has 8 heteroatoms. The van der Waals surface area contributed by atoms with Crippen LogP contribution in [0.1, 0.15) is 0 Å². The normalized spacial score (nSPS) is 17.4. The topological polar surface area (TPSA) is 141 Å². The maximum Gasteiger partial charge on any atom is 0.286 e. The third kappa shape index (κ3) is 2.36. The number of rotatable bonds is 5. The minimum absolute atomic E-state index is 0.757. The second-order valence-electron chi connectivity index (χ2n) is 2.65. The minimum atomic E-state index is -4.73. The lowest BCUT2D eigenvalue weighted by atomic mass is 10.0. The van der Waals surface area contributed by atoms with Gasteiger partial charge in [-0.05, 0) is 0 Å². The summed E-state index contributed by atoms with van der Waals surface area (Å²) in [4.78, 5) is -2.42. The standard InChI is InChI=1S/C5H13NO6S/c6-5(3-9,13(10,11)12)4(1-7)2-8/h4,7-9H,1-3,6H2,(H,10,11,12). The molecule has 80 valence electrons. The van der Waals surface area contributed by atoms with E-state index in [9.17, 15) is 8.42 Å². The van der Waals surface area contributed by atoms with Crippen molar-refractivity contribution in [2.45, 2.75) is 4.87 Å². The highest BCUT2D eigenvalue weighted by Crippen LogP contribution is 2.19. The van der Waals surface area contributed by atoms with Crippen LogP contribution in [0, 0.1) is 5.92 Å². The maximum atomic E-state index is 10.7. The minimum Gasteiger partial charge on any atom is -0.396 e. The molecule has 1 atom stereocenters. The van der Waals surface area contributed by atoms with E-state index in [-0.39, 0.29) is 0 Å². The van der Waals surface area contributed by atoms with Crippen molar-refractivity contribution in [3.63, 3.8) is 0 Å². The Morgan fingerprint density at radius 3 is 1.69 bits per heavy atom. The van der Waals surface area contributed by atoms with Crippen LogP contribution in [-0.4, -0.2) is 53.0 Å². The van der Waals surface area contributed by atoms with Gasteiger partial charge < -0.3 is 21.1 Å². The van der Waals surface area contributed by atoms with Crippen LogP contribution >= 0.6 is 0 Å². The van der Waals surface area contributed by atoms with E-state index in [1.165, 1.54) is 0 Å². The fraction of sp³-hybridized carbons (Fsp3) is 1.00. The molecule has 0 aliphatic heterocycles. The molecule has 0 aromatic rings. The molecule has 6 N–H and O–H groups in total. The van der Waals surface area contributed by atoms with Crippen molar-refractivity contribution in [1.82, 2.24) is 0 Å². The molecule has 0 aliphatic carbocycles. The number of aliphatic hydroxyl groups excluding tert-OH is 3. The predicted octanol–water partition coefficient (Wildman–Crippen LogP) is -2.88. The lowest BCUT2D eigenvalue weighted by Gasteiger charge is -2.30. The van der Waals surface area contributed by atoms with Gasteiger partial charge in [-0.1, -0.05) is 0 Å². The van der Waals surface area contributed by atoms with Crippen LogP contribution in [0.25, 0.3) is 0 Å². The van der Waals surface area contributed by atoms with Crippen LogP contribution in [0.5, 0.6) is 0 Å². The smallest absolute Gasteiger partial charge is 0.286 e. The molecule has 0 aromatic carbocycles. The lowest BCUT2D eigenvalue weighted by molar-refractivity contribution is 0.0850. The van der Waals surface area contributed by atoms with E-state index in [1.807, 2.05) is 0 Å². The van der Waals surface area contributed by atoms with Crippen LogP contribution in [0.3, 0.4) is 0 Å². The Morgan fingerprint density at radius 1 is 1.23 bits per heavy atom. The maximum absolute atomic E-state index is 10.7. The van der Waals surface area contributed by atoms with Crippen molar-refractivity contribution in [2.75, 3.05) is 19.8 Å². The van der Waals surface area contributed by atoms with E-state index in [4.69, 9.17) is 25.6 Å².